The Kier molecular flexibility index (Phi) is 4.93. The Labute approximate surface area is 121 Å². The van der Waals surface area contributed by atoms with Crippen molar-refractivity contribution in [3.05, 3.63) is 17.8 Å². The lowest BCUT2D eigenvalue weighted by Crippen LogP contribution is -2.34. The topological polar surface area (TPSA) is 49.3 Å². The lowest BCUT2D eigenvalue weighted by Gasteiger charge is -2.30. The standard InChI is InChI=1S/C15H24N4O/c1-4-18(5-2)15(20)13-6-7-14(17-16-13)19-10-8-12(3)9-11-19/h6-7,12H,4-5,8-11H2,1-3H3. The van der Waals surface area contributed by atoms with Gasteiger partial charge in [-0.05, 0) is 44.7 Å². The maximum absolute atomic E-state index is 12.1. The third kappa shape index (κ3) is 3.26. The number of rotatable bonds is 4. The summed E-state index contributed by atoms with van der Waals surface area (Å²) in [5.41, 5.74) is 0.433. The van der Waals surface area contributed by atoms with Gasteiger partial charge < -0.3 is 9.80 Å². The number of carbonyl (C=O) groups is 1. The minimum absolute atomic E-state index is 0.0404. The van der Waals surface area contributed by atoms with Crippen LogP contribution in [0.2, 0.25) is 0 Å². The third-order valence-electron chi connectivity index (χ3n) is 4.03. The summed E-state index contributed by atoms with van der Waals surface area (Å²) >= 11 is 0. The van der Waals surface area contributed by atoms with Gasteiger partial charge in [0, 0.05) is 26.2 Å². The predicted octanol–water partition coefficient (Wildman–Crippen LogP) is 2.19. The quantitative estimate of drug-likeness (QED) is 0.846. The van der Waals surface area contributed by atoms with Crippen LogP contribution in [0.5, 0.6) is 0 Å². The predicted molar refractivity (Wildman–Crippen MR) is 79.9 cm³/mol. The number of aromatic nitrogens is 2. The van der Waals surface area contributed by atoms with Crippen molar-refractivity contribution in [1.82, 2.24) is 15.1 Å². The van der Waals surface area contributed by atoms with Crippen molar-refractivity contribution >= 4 is 11.7 Å². The van der Waals surface area contributed by atoms with E-state index in [0.717, 1.165) is 24.8 Å². The summed E-state index contributed by atoms with van der Waals surface area (Å²) < 4.78 is 0. The molecule has 0 atom stereocenters. The molecule has 1 saturated heterocycles. The molecule has 5 nitrogen and oxygen atoms in total. The average molecular weight is 276 g/mol. The van der Waals surface area contributed by atoms with E-state index in [-0.39, 0.29) is 5.91 Å². The number of nitrogens with zero attached hydrogens (tertiary/aromatic N) is 4. The molecule has 0 radical (unpaired) electrons. The van der Waals surface area contributed by atoms with Crippen LogP contribution in [-0.2, 0) is 0 Å². The Hall–Kier alpha value is -1.65. The zero-order valence-corrected chi connectivity index (χ0v) is 12.7. The molecule has 20 heavy (non-hydrogen) atoms. The first-order chi connectivity index (χ1) is 9.65. The second-order valence-electron chi connectivity index (χ2n) is 5.42. The van der Waals surface area contributed by atoms with Crippen LogP contribution >= 0.6 is 0 Å². The lowest BCUT2D eigenvalue weighted by molar-refractivity contribution is 0.0766. The van der Waals surface area contributed by atoms with Gasteiger partial charge in [-0.1, -0.05) is 6.92 Å². The van der Waals surface area contributed by atoms with Crippen LogP contribution in [0.25, 0.3) is 0 Å². The van der Waals surface area contributed by atoms with Gasteiger partial charge in [-0.15, -0.1) is 10.2 Å². The minimum Gasteiger partial charge on any atom is -0.355 e. The van der Waals surface area contributed by atoms with E-state index < -0.39 is 0 Å². The van der Waals surface area contributed by atoms with Gasteiger partial charge in [-0.25, -0.2) is 0 Å². The fourth-order valence-electron chi connectivity index (χ4n) is 2.52. The number of hydrogen-bond acceptors (Lipinski definition) is 4. The maximum Gasteiger partial charge on any atom is 0.274 e. The van der Waals surface area contributed by atoms with E-state index in [1.54, 1.807) is 11.0 Å². The molecule has 5 heteroatoms. The van der Waals surface area contributed by atoms with Crippen molar-refractivity contribution in [1.29, 1.82) is 0 Å². The van der Waals surface area contributed by atoms with Crippen LogP contribution < -0.4 is 4.90 Å². The summed E-state index contributed by atoms with van der Waals surface area (Å²) in [6.07, 6.45) is 2.39. The highest BCUT2D eigenvalue weighted by Crippen LogP contribution is 2.20. The van der Waals surface area contributed by atoms with E-state index in [2.05, 4.69) is 22.0 Å². The van der Waals surface area contributed by atoms with Gasteiger partial charge >= 0.3 is 0 Å². The zero-order chi connectivity index (χ0) is 14.5. The fraction of sp³-hybridized carbons (Fsp3) is 0.667. The highest BCUT2D eigenvalue weighted by molar-refractivity contribution is 5.92. The van der Waals surface area contributed by atoms with E-state index in [1.165, 1.54) is 12.8 Å². The van der Waals surface area contributed by atoms with Gasteiger partial charge in [0.25, 0.3) is 5.91 Å². The van der Waals surface area contributed by atoms with Crippen molar-refractivity contribution in [2.75, 3.05) is 31.1 Å². The van der Waals surface area contributed by atoms with E-state index in [1.807, 2.05) is 19.9 Å². The van der Waals surface area contributed by atoms with E-state index in [0.29, 0.717) is 18.8 Å². The molecule has 0 bridgehead atoms. The molecular weight excluding hydrogens is 252 g/mol. The third-order valence-corrected chi connectivity index (χ3v) is 4.03. The molecule has 1 amide bonds. The molecule has 2 heterocycles. The van der Waals surface area contributed by atoms with Crippen molar-refractivity contribution in [3.63, 3.8) is 0 Å². The first-order valence-electron chi connectivity index (χ1n) is 7.53. The molecule has 1 fully saturated rings. The van der Waals surface area contributed by atoms with E-state index in [4.69, 9.17) is 0 Å². The molecule has 1 aliphatic heterocycles. The van der Waals surface area contributed by atoms with Gasteiger partial charge in [0.15, 0.2) is 11.5 Å². The van der Waals surface area contributed by atoms with E-state index >= 15 is 0 Å². The highest BCUT2D eigenvalue weighted by Gasteiger charge is 2.19. The summed E-state index contributed by atoms with van der Waals surface area (Å²) in [5.74, 6) is 1.64. The molecule has 0 aromatic carbocycles. The van der Waals surface area contributed by atoms with Crippen LogP contribution in [0.15, 0.2) is 12.1 Å². The van der Waals surface area contributed by atoms with Gasteiger partial charge in [0.05, 0.1) is 0 Å². The van der Waals surface area contributed by atoms with Gasteiger partial charge in [-0.3, -0.25) is 4.79 Å². The Morgan fingerprint density at radius 3 is 2.40 bits per heavy atom. The Morgan fingerprint density at radius 1 is 1.25 bits per heavy atom. The largest absolute Gasteiger partial charge is 0.355 e. The van der Waals surface area contributed by atoms with Crippen LogP contribution in [0, 0.1) is 5.92 Å². The molecular formula is C15H24N4O. The first kappa shape index (κ1) is 14.8. The lowest BCUT2D eigenvalue weighted by atomic mass is 9.99. The second kappa shape index (κ2) is 6.68. The summed E-state index contributed by atoms with van der Waals surface area (Å²) in [7, 11) is 0. The van der Waals surface area contributed by atoms with E-state index in [9.17, 15) is 4.79 Å². The normalized spacial score (nSPS) is 16.2. The first-order valence-corrected chi connectivity index (χ1v) is 7.53. The minimum atomic E-state index is -0.0404. The summed E-state index contributed by atoms with van der Waals surface area (Å²) in [5, 5.41) is 8.33. The molecule has 1 aliphatic rings. The van der Waals surface area contributed by atoms with Crippen molar-refractivity contribution in [2.45, 2.75) is 33.6 Å². The molecule has 0 saturated carbocycles. The number of carbonyl (C=O) groups excluding carboxylic acids is 1. The van der Waals surface area contributed by atoms with Crippen LogP contribution in [0.1, 0.15) is 44.1 Å². The van der Waals surface area contributed by atoms with Gasteiger partial charge in [0.2, 0.25) is 0 Å². The summed E-state index contributed by atoms with van der Waals surface area (Å²) in [4.78, 5) is 16.2. The van der Waals surface area contributed by atoms with Gasteiger partial charge in [-0.2, -0.15) is 0 Å². The van der Waals surface area contributed by atoms with Crippen molar-refractivity contribution in [3.8, 4) is 0 Å². The average Bonchev–Trinajstić information content (AvgIpc) is 2.49. The molecule has 110 valence electrons. The van der Waals surface area contributed by atoms with Gasteiger partial charge in [0.1, 0.15) is 0 Å². The molecule has 0 N–H and O–H groups in total. The van der Waals surface area contributed by atoms with Crippen molar-refractivity contribution < 1.29 is 4.79 Å². The number of piperidine rings is 1. The van der Waals surface area contributed by atoms with Crippen LogP contribution in [-0.4, -0.2) is 47.2 Å². The highest BCUT2D eigenvalue weighted by atomic mass is 16.2. The van der Waals surface area contributed by atoms with Crippen molar-refractivity contribution in [2.24, 2.45) is 5.92 Å². The number of hydrogen-bond donors (Lipinski definition) is 0. The summed E-state index contributed by atoms with van der Waals surface area (Å²) in [6, 6.07) is 3.71. The maximum atomic E-state index is 12.1. The Morgan fingerprint density at radius 2 is 1.90 bits per heavy atom. The molecule has 0 spiro atoms. The fourth-order valence-corrected chi connectivity index (χ4v) is 2.52. The SMILES string of the molecule is CCN(CC)C(=O)c1ccc(N2CCC(C)CC2)nn1. The second-order valence-corrected chi connectivity index (χ2v) is 5.42. The Bertz CT molecular complexity index is 434. The number of anilines is 1. The Balaban J connectivity index is 2.04. The van der Waals surface area contributed by atoms with Crippen LogP contribution in [0.4, 0.5) is 5.82 Å². The number of amides is 1. The molecule has 1 aromatic heterocycles. The summed E-state index contributed by atoms with van der Waals surface area (Å²) in [6.45, 7) is 9.68. The monoisotopic (exact) mass is 276 g/mol. The zero-order valence-electron chi connectivity index (χ0n) is 12.7. The van der Waals surface area contributed by atoms with Crippen LogP contribution in [0.3, 0.4) is 0 Å². The smallest absolute Gasteiger partial charge is 0.274 e. The molecule has 1 aromatic rings. The molecule has 0 aliphatic carbocycles. The molecule has 2 rings (SSSR count). The molecule has 0 unspecified atom stereocenters.